The largest absolute Gasteiger partial charge is 0.398 e. The molecule has 0 N–H and O–H groups in total. The van der Waals surface area contributed by atoms with Crippen molar-refractivity contribution in [1.82, 2.24) is 0 Å². The molecule has 1 fully saturated rings. The van der Waals surface area contributed by atoms with E-state index < -0.39 is 17.4 Å². The van der Waals surface area contributed by atoms with Crippen LogP contribution in [-0.2, 0) is 11.3 Å². The van der Waals surface area contributed by atoms with Gasteiger partial charge in [0.05, 0.1) is 5.41 Å². The Morgan fingerprint density at radius 3 is 2.25 bits per heavy atom. The van der Waals surface area contributed by atoms with Crippen molar-refractivity contribution >= 4 is 11.6 Å². The van der Waals surface area contributed by atoms with E-state index in [4.69, 9.17) is 11.6 Å². The van der Waals surface area contributed by atoms with Crippen LogP contribution in [0.2, 0.25) is 0 Å². The fourth-order valence-electron chi connectivity index (χ4n) is 1.86. The highest BCUT2D eigenvalue weighted by Gasteiger charge is 2.64. The Morgan fingerprint density at radius 2 is 1.81 bits per heavy atom. The molecule has 0 radical (unpaired) electrons. The summed E-state index contributed by atoms with van der Waals surface area (Å²) in [5.41, 5.74) is -1.46. The summed E-state index contributed by atoms with van der Waals surface area (Å²) in [6.07, 6.45) is -4.26. The summed E-state index contributed by atoms with van der Waals surface area (Å²) < 4.78 is 51.5. The van der Waals surface area contributed by atoms with E-state index in [0.717, 1.165) is 12.1 Å². The Bertz CT molecular complexity index is 407. The van der Waals surface area contributed by atoms with E-state index in [1.165, 1.54) is 6.07 Å². The first-order chi connectivity index (χ1) is 7.39. The lowest BCUT2D eigenvalue weighted by atomic mass is 9.94. The van der Waals surface area contributed by atoms with Crippen LogP contribution in [0.5, 0.6) is 0 Å². The molecule has 5 heteroatoms. The van der Waals surface area contributed by atoms with Crippen LogP contribution in [0.25, 0.3) is 0 Å². The third-order valence-electron chi connectivity index (χ3n) is 2.96. The molecule has 1 aromatic carbocycles. The fraction of sp³-hybridized carbons (Fsp3) is 0.455. The second-order valence-electron chi connectivity index (χ2n) is 4.06. The highest BCUT2D eigenvalue weighted by molar-refractivity contribution is 6.17. The maximum atomic E-state index is 13.1. The third-order valence-corrected chi connectivity index (χ3v) is 3.27. The average Bonchev–Trinajstić information content (AvgIpc) is 2.96. The monoisotopic (exact) mass is 252 g/mol. The van der Waals surface area contributed by atoms with Gasteiger partial charge in [0.1, 0.15) is 5.82 Å². The maximum Gasteiger partial charge on any atom is 0.398 e. The predicted molar refractivity (Wildman–Crippen MR) is 52.9 cm³/mol. The Kier molecular flexibility index (Phi) is 2.65. The van der Waals surface area contributed by atoms with Gasteiger partial charge in [-0.3, -0.25) is 0 Å². The molecule has 0 spiro atoms. The lowest BCUT2D eigenvalue weighted by Gasteiger charge is -2.20. The molecule has 0 amide bonds. The van der Waals surface area contributed by atoms with Crippen LogP contribution in [-0.4, -0.2) is 6.18 Å². The predicted octanol–water partition coefficient (Wildman–Crippen LogP) is 4.16. The standard InChI is InChI=1S/C11H9ClF4/c12-6-7-3-8(5-9(13)4-7)10(1-2-10)11(14,15)16/h3-5H,1-2,6H2. The lowest BCUT2D eigenvalue weighted by molar-refractivity contribution is -0.160. The lowest BCUT2D eigenvalue weighted by Crippen LogP contribution is -2.28. The van der Waals surface area contributed by atoms with E-state index in [2.05, 4.69) is 0 Å². The molecule has 88 valence electrons. The van der Waals surface area contributed by atoms with Crippen LogP contribution < -0.4 is 0 Å². The first kappa shape index (κ1) is 11.7. The molecule has 0 aliphatic heterocycles. The summed E-state index contributed by atoms with van der Waals surface area (Å²) in [7, 11) is 0. The minimum absolute atomic E-state index is 0.00403. The topological polar surface area (TPSA) is 0 Å². The molecule has 1 aliphatic rings. The smallest absolute Gasteiger partial charge is 0.207 e. The van der Waals surface area contributed by atoms with Crippen molar-refractivity contribution in [1.29, 1.82) is 0 Å². The summed E-state index contributed by atoms with van der Waals surface area (Å²) in [6, 6.07) is 3.45. The van der Waals surface area contributed by atoms with Gasteiger partial charge in [0.15, 0.2) is 0 Å². The maximum absolute atomic E-state index is 13.1. The molecule has 1 saturated carbocycles. The summed E-state index contributed by atoms with van der Waals surface area (Å²) in [6.45, 7) is 0. The number of hydrogen-bond acceptors (Lipinski definition) is 0. The van der Waals surface area contributed by atoms with Crippen LogP contribution in [0, 0.1) is 5.82 Å². The summed E-state index contributed by atoms with van der Waals surface area (Å²) in [5.74, 6) is -0.651. The van der Waals surface area contributed by atoms with E-state index in [0.29, 0.717) is 5.56 Å². The molecule has 0 heterocycles. The molecule has 0 unspecified atom stereocenters. The zero-order chi connectivity index (χ0) is 12.0. The molecule has 0 atom stereocenters. The number of alkyl halides is 4. The Labute approximate surface area is 95.2 Å². The molecule has 2 rings (SSSR count). The SMILES string of the molecule is Fc1cc(CCl)cc(C2(C(F)(F)F)CC2)c1. The van der Waals surface area contributed by atoms with E-state index >= 15 is 0 Å². The summed E-state index contributed by atoms with van der Waals surface area (Å²) in [5, 5.41) is 0. The summed E-state index contributed by atoms with van der Waals surface area (Å²) >= 11 is 5.51. The van der Waals surface area contributed by atoms with Gasteiger partial charge in [0.25, 0.3) is 0 Å². The number of hydrogen-bond donors (Lipinski definition) is 0. The van der Waals surface area contributed by atoms with E-state index in [-0.39, 0.29) is 24.3 Å². The van der Waals surface area contributed by atoms with Crippen molar-refractivity contribution in [3.05, 3.63) is 35.1 Å². The Morgan fingerprint density at radius 1 is 1.19 bits per heavy atom. The third kappa shape index (κ3) is 1.79. The molecule has 0 bridgehead atoms. The first-order valence-electron chi connectivity index (χ1n) is 4.82. The number of rotatable bonds is 2. The zero-order valence-electron chi connectivity index (χ0n) is 8.24. The van der Waals surface area contributed by atoms with Gasteiger partial charge in [0.2, 0.25) is 0 Å². The molecule has 0 aromatic heterocycles. The molecular formula is C11H9ClF4. The highest BCUT2D eigenvalue weighted by Crippen LogP contribution is 2.59. The normalized spacial score (nSPS) is 18.6. The van der Waals surface area contributed by atoms with E-state index in [1.54, 1.807) is 0 Å². The second-order valence-corrected chi connectivity index (χ2v) is 4.33. The van der Waals surface area contributed by atoms with Crippen molar-refractivity contribution in [3.63, 3.8) is 0 Å². The van der Waals surface area contributed by atoms with E-state index in [9.17, 15) is 17.6 Å². The van der Waals surface area contributed by atoms with Crippen LogP contribution in [0.3, 0.4) is 0 Å². The van der Waals surface area contributed by atoms with Crippen molar-refractivity contribution < 1.29 is 17.6 Å². The molecule has 0 nitrogen and oxygen atoms in total. The van der Waals surface area contributed by atoms with Gasteiger partial charge in [-0.2, -0.15) is 13.2 Å². The molecule has 1 aromatic rings. The van der Waals surface area contributed by atoms with Crippen molar-refractivity contribution in [2.45, 2.75) is 30.3 Å². The Hall–Kier alpha value is -0.770. The van der Waals surface area contributed by atoms with Crippen molar-refractivity contribution in [2.75, 3.05) is 0 Å². The second kappa shape index (κ2) is 3.62. The molecular weight excluding hydrogens is 244 g/mol. The number of benzene rings is 1. The quantitative estimate of drug-likeness (QED) is 0.548. The zero-order valence-corrected chi connectivity index (χ0v) is 9.00. The molecule has 16 heavy (non-hydrogen) atoms. The molecule has 0 saturated heterocycles. The minimum atomic E-state index is -4.32. The van der Waals surface area contributed by atoms with Gasteiger partial charge in [-0.25, -0.2) is 4.39 Å². The Balaban J connectivity index is 2.45. The van der Waals surface area contributed by atoms with Gasteiger partial charge < -0.3 is 0 Å². The summed E-state index contributed by atoms with van der Waals surface area (Å²) in [4.78, 5) is 0. The first-order valence-corrected chi connectivity index (χ1v) is 5.35. The molecule has 1 aliphatic carbocycles. The number of halogens is 5. The van der Waals surface area contributed by atoms with Gasteiger partial charge in [-0.05, 0) is 36.1 Å². The van der Waals surface area contributed by atoms with Gasteiger partial charge in [0, 0.05) is 5.88 Å². The highest BCUT2D eigenvalue weighted by atomic mass is 35.5. The fourth-order valence-corrected chi connectivity index (χ4v) is 2.02. The van der Waals surface area contributed by atoms with Gasteiger partial charge >= 0.3 is 6.18 Å². The van der Waals surface area contributed by atoms with Crippen molar-refractivity contribution in [2.24, 2.45) is 0 Å². The van der Waals surface area contributed by atoms with Crippen molar-refractivity contribution in [3.8, 4) is 0 Å². The average molecular weight is 253 g/mol. The van der Waals surface area contributed by atoms with Crippen LogP contribution in [0.15, 0.2) is 18.2 Å². The van der Waals surface area contributed by atoms with Crippen LogP contribution >= 0.6 is 11.6 Å². The van der Waals surface area contributed by atoms with E-state index in [1.807, 2.05) is 0 Å². The van der Waals surface area contributed by atoms with Crippen LogP contribution in [0.1, 0.15) is 24.0 Å². The van der Waals surface area contributed by atoms with Crippen LogP contribution in [0.4, 0.5) is 17.6 Å². The minimum Gasteiger partial charge on any atom is -0.207 e. The van der Waals surface area contributed by atoms with Gasteiger partial charge in [-0.15, -0.1) is 11.6 Å². The van der Waals surface area contributed by atoms with Gasteiger partial charge in [-0.1, -0.05) is 6.07 Å².